The van der Waals surface area contributed by atoms with Crippen molar-refractivity contribution in [2.75, 3.05) is 4.90 Å². The van der Waals surface area contributed by atoms with Crippen LogP contribution >= 0.6 is 39.9 Å². The third kappa shape index (κ3) is 3.72. The van der Waals surface area contributed by atoms with Crippen molar-refractivity contribution in [2.45, 2.75) is 20.8 Å². The number of benzene rings is 2. The van der Waals surface area contributed by atoms with Gasteiger partial charge in [0.05, 0.1) is 10.6 Å². The molecule has 146 valence electrons. The average molecular weight is 483 g/mol. The molecule has 1 amide bonds. The highest BCUT2D eigenvalue weighted by Crippen LogP contribution is 2.37. The maximum Gasteiger partial charge on any atom is 0.270 e. The number of para-hydroxylation sites is 1. The highest BCUT2D eigenvalue weighted by molar-refractivity contribution is 9.10. The van der Waals surface area contributed by atoms with E-state index in [9.17, 15) is 4.79 Å². The van der Waals surface area contributed by atoms with E-state index in [0.717, 1.165) is 32.8 Å². The van der Waals surface area contributed by atoms with Crippen molar-refractivity contribution in [3.63, 3.8) is 0 Å². The summed E-state index contributed by atoms with van der Waals surface area (Å²) in [7, 11) is 0. The molecule has 2 heterocycles. The molecule has 1 saturated heterocycles. The molecule has 0 unspecified atom stereocenters. The smallest absolute Gasteiger partial charge is 0.270 e. The van der Waals surface area contributed by atoms with Crippen molar-refractivity contribution in [1.29, 1.82) is 0 Å². The number of hydrogen-bond acceptors (Lipinski definition) is 3. The first kappa shape index (κ1) is 20.1. The zero-order valence-electron chi connectivity index (χ0n) is 16.3. The normalized spacial score (nSPS) is 15.6. The number of amides is 1. The third-order valence-electron chi connectivity index (χ3n) is 4.96. The van der Waals surface area contributed by atoms with Crippen molar-refractivity contribution >= 4 is 61.9 Å². The molecule has 1 aliphatic rings. The van der Waals surface area contributed by atoms with Crippen LogP contribution < -0.4 is 4.90 Å². The highest BCUT2D eigenvalue weighted by Gasteiger charge is 2.33. The number of carbonyl (C=O) groups excluding carboxylic acids is 1. The molecule has 2 aromatic carbocycles. The Morgan fingerprint density at radius 2 is 1.72 bits per heavy atom. The first-order valence-corrected chi connectivity index (χ1v) is 11.2. The number of rotatable bonds is 3. The molecule has 1 fully saturated rings. The molecule has 3 nitrogen and oxygen atoms in total. The zero-order valence-corrected chi connectivity index (χ0v) is 19.5. The van der Waals surface area contributed by atoms with Gasteiger partial charge in [0.25, 0.3) is 5.91 Å². The van der Waals surface area contributed by atoms with Crippen molar-refractivity contribution in [1.82, 2.24) is 4.57 Å². The topological polar surface area (TPSA) is 25.2 Å². The molecule has 0 aliphatic carbocycles. The van der Waals surface area contributed by atoms with E-state index >= 15 is 0 Å². The Morgan fingerprint density at radius 3 is 2.41 bits per heavy atom. The number of nitrogens with zero attached hydrogens (tertiary/aromatic N) is 2. The van der Waals surface area contributed by atoms with E-state index in [-0.39, 0.29) is 5.91 Å². The second-order valence-electron chi connectivity index (χ2n) is 6.95. The summed E-state index contributed by atoms with van der Waals surface area (Å²) in [4.78, 5) is 15.3. The van der Waals surface area contributed by atoms with Gasteiger partial charge in [-0.2, -0.15) is 0 Å². The van der Waals surface area contributed by atoms with E-state index in [1.165, 1.54) is 17.3 Å². The van der Waals surface area contributed by atoms with Gasteiger partial charge in [-0.3, -0.25) is 9.69 Å². The first-order chi connectivity index (χ1) is 13.9. The monoisotopic (exact) mass is 482 g/mol. The van der Waals surface area contributed by atoms with Crippen LogP contribution in [0.5, 0.6) is 0 Å². The lowest BCUT2D eigenvalue weighted by Crippen LogP contribution is -2.27. The van der Waals surface area contributed by atoms with E-state index < -0.39 is 0 Å². The molecule has 3 aromatic rings. The van der Waals surface area contributed by atoms with Crippen LogP contribution in [0.3, 0.4) is 0 Å². The fourth-order valence-corrected chi connectivity index (χ4v) is 5.04. The van der Waals surface area contributed by atoms with Gasteiger partial charge in [-0.25, -0.2) is 0 Å². The molecule has 0 bridgehead atoms. The van der Waals surface area contributed by atoms with Crippen LogP contribution in [-0.4, -0.2) is 14.8 Å². The fourth-order valence-electron chi connectivity index (χ4n) is 3.51. The SMILES string of the molecule is Cc1cc(-n2c(C)cc(/C=C3/SC(=S)N(c4ccccc4)C3=O)c2C)ccc1Br. The number of aromatic nitrogens is 1. The molecule has 0 saturated carbocycles. The fraction of sp³-hybridized carbons (Fsp3) is 0.130. The lowest BCUT2D eigenvalue weighted by Gasteiger charge is -2.13. The minimum absolute atomic E-state index is 0.0736. The number of thioether (sulfide) groups is 1. The molecular formula is C23H19BrN2OS2. The second-order valence-corrected chi connectivity index (χ2v) is 9.48. The van der Waals surface area contributed by atoms with Gasteiger partial charge >= 0.3 is 0 Å². The summed E-state index contributed by atoms with van der Waals surface area (Å²) in [5, 5.41) is 0. The molecule has 0 N–H and O–H groups in total. The summed E-state index contributed by atoms with van der Waals surface area (Å²) in [6.45, 7) is 6.24. The zero-order chi connectivity index (χ0) is 20.7. The molecule has 29 heavy (non-hydrogen) atoms. The number of carbonyl (C=O) groups is 1. The molecule has 1 aromatic heterocycles. The standard InChI is InChI=1S/C23H19BrN2OS2/c1-14-11-19(9-10-20(14)24)25-15(2)12-17(16(25)3)13-21-22(27)26(23(28)29-21)18-7-5-4-6-8-18/h4-13H,1-3H3/b21-13+. The molecule has 0 spiro atoms. The summed E-state index contributed by atoms with van der Waals surface area (Å²) in [5.74, 6) is -0.0736. The van der Waals surface area contributed by atoms with E-state index in [4.69, 9.17) is 12.2 Å². The summed E-state index contributed by atoms with van der Waals surface area (Å²) >= 11 is 10.4. The van der Waals surface area contributed by atoms with Crippen molar-refractivity contribution in [2.24, 2.45) is 0 Å². The molecule has 0 atom stereocenters. The van der Waals surface area contributed by atoms with E-state index in [0.29, 0.717) is 9.23 Å². The highest BCUT2D eigenvalue weighted by atomic mass is 79.9. The summed E-state index contributed by atoms with van der Waals surface area (Å²) in [6, 6.07) is 18.0. The predicted octanol–water partition coefficient (Wildman–Crippen LogP) is 6.57. The van der Waals surface area contributed by atoms with Gasteiger partial charge in [0.1, 0.15) is 0 Å². The van der Waals surface area contributed by atoms with Crippen molar-refractivity contribution in [3.8, 4) is 5.69 Å². The van der Waals surface area contributed by atoms with Gasteiger partial charge in [0.2, 0.25) is 0 Å². The van der Waals surface area contributed by atoms with Gasteiger partial charge in [-0.1, -0.05) is 58.1 Å². The Balaban J connectivity index is 1.71. The number of anilines is 1. The van der Waals surface area contributed by atoms with E-state index in [1.807, 2.05) is 36.4 Å². The number of aryl methyl sites for hydroxylation is 2. The van der Waals surface area contributed by atoms with Crippen LogP contribution in [-0.2, 0) is 4.79 Å². The Labute approximate surface area is 188 Å². The average Bonchev–Trinajstić information content (AvgIpc) is 3.13. The Kier molecular flexibility index (Phi) is 5.51. The predicted molar refractivity (Wildman–Crippen MR) is 130 cm³/mol. The third-order valence-corrected chi connectivity index (χ3v) is 7.16. The molecule has 1 aliphatic heterocycles. The maximum absolute atomic E-state index is 13.0. The number of hydrogen-bond donors (Lipinski definition) is 0. The number of halogens is 1. The largest absolute Gasteiger partial charge is 0.318 e. The van der Waals surface area contributed by atoms with Gasteiger partial charge in [-0.15, -0.1) is 0 Å². The van der Waals surface area contributed by atoms with Gasteiger partial charge in [0, 0.05) is 21.5 Å². The minimum Gasteiger partial charge on any atom is -0.318 e. The Bertz CT molecular complexity index is 1170. The second kappa shape index (κ2) is 7.94. The Morgan fingerprint density at radius 1 is 1.00 bits per heavy atom. The van der Waals surface area contributed by atoms with Gasteiger partial charge in [-0.05, 0) is 74.4 Å². The lowest BCUT2D eigenvalue weighted by molar-refractivity contribution is -0.113. The van der Waals surface area contributed by atoms with Crippen molar-refractivity contribution in [3.05, 3.63) is 86.5 Å². The van der Waals surface area contributed by atoms with E-state index in [1.54, 1.807) is 4.90 Å². The lowest BCUT2D eigenvalue weighted by atomic mass is 10.2. The molecule has 6 heteroatoms. The van der Waals surface area contributed by atoms with Crippen LogP contribution in [0.15, 0.2) is 64.0 Å². The molecule has 4 rings (SSSR count). The quantitative estimate of drug-likeness (QED) is 0.311. The van der Waals surface area contributed by atoms with Gasteiger partial charge < -0.3 is 4.57 Å². The molecular weight excluding hydrogens is 464 g/mol. The Hall–Kier alpha value is -2.15. The van der Waals surface area contributed by atoms with E-state index in [2.05, 4.69) is 65.5 Å². The van der Waals surface area contributed by atoms with Crippen LogP contribution in [0.2, 0.25) is 0 Å². The maximum atomic E-state index is 13.0. The van der Waals surface area contributed by atoms with Crippen molar-refractivity contribution < 1.29 is 4.79 Å². The van der Waals surface area contributed by atoms with Crippen LogP contribution in [0, 0.1) is 20.8 Å². The molecule has 0 radical (unpaired) electrons. The summed E-state index contributed by atoms with van der Waals surface area (Å²) in [5.41, 5.74) is 6.33. The summed E-state index contributed by atoms with van der Waals surface area (Å²) < 4.78 is 3.86. The van der Waals surface area contributed by atoms with Gasteiger partial charge in [0.15, 0.2) is 4.32 Å². The van der Waals surface area contributed by atoms with Crippen LogP contribution in [0.25, 0.3) is 11.8 Å². The summed E-state index contributed by atoms with van der Waals surface area (Å²) in [6.07, 6.45) is 1.95. The number of thiocarbonyl (C=S) groups is 1. The van der Waals surface area contributed by atoms with Crippen LogP contribution in [0.1, 0.15) is 22.5 Å². The van der Waals surface area contributed by atoms with Crippen LogP contribution in [0.4, 0.5) is 5.69 Å². The first-order valence-electron chi connectivity index (χ1n) is 9.15. The minimum atomic E-state index is -0.0736.